The molecular formula is C23H21N3O3. The number of rotatable bonds is 5. The Kier molecular flexibility index (Phi) is 5.05. The molecule has 1 aliphatic rings. The molecule has 0 fully saturated rings. The molecule has 1 atom stereocenters. The van der Waals surface area contributed by atoms with Crippen molar-refractivity contribution < 1.29 is 14.0 Å². The quantitative estimate of drug-likeness (QED) is 0.583. The summed E-state index contributed by atoms with van der Waals surface area (Å²) in [5.74, 6) is 2.13. The summed E-state index contributed by atoms with van der Waals surface area (Å²) >= 11 is 0. The molecule has 4 rings (SSSR count). The Morgan fingerprint density at radius 3 is 2.83 bits per heavy atom. The molecule has 2 heterocycles. The van der Waals surface area contributed by atoms with E-state index in [1.807, 2.05) is 57.2 Å². The van der Waals surface area contributed by atoms with Gasteiger partial charge in [-0.15, -0.1) is 0 Å². The molecule has 0 saturated heterocycles. The molecule has 0 saturated carbocycles. The van der Waals surface area contributed by atoms with Gasteiger partial charge in [-0.2, -0.15) is 10.2 Å². The first-order valence-electron chi connectivity index (χ1n) is 9.56. The first-order valence-corrected chi connectivity index (χ1v) is 9.56. The van der Waals surface area contributed by atoms with Crippen molar-refractivity contribution in [2.75, 3.05) is 6.61 Å². The summed E-state index contributed by atoms with van der Waals surface area (Å²) in [6.45, 7) is 6.49. The molecule has 3 aromatic rings. The minimum absolute atomic E-state index is 0.127. The Morgan fingerprint density at radius 2 is 2.10 bits per heavy atom. The lowest BCUT2D eigenvalue weighted by Crippen LogP contribution is -2.05. The van der Waals surface area contributed by atoms with Crippen LogP contribution in [0.4, 0.5) is 0 Å². The Morgan fingerprint density at radius 1 is 1.31 bits per heavy atom. The van der Waals surface area contributed by atoms with Gasteiger partial charge in [0.25, 0.3) is 5.89 Å². The number of nitriles is 1. The van der Waals surface area contributed by atoms with Gasteiger partial charge < -0.3 is 14.0 Å². The molecule has 29 heavy (non-hydrogen) atoms. The van der Waals surface area contributed by atoms with Crippen LogP contribution in [-0.2, 0) is 6.42 Å². The zero-order valence-electron chi connectivity index (χ0n) is 16.6. The first kappa shape index (κ1) is 18.8. The lowest BCUT2D eigenvalue weighted by Gasteiger charge is -2.10. The molecule has 0 spiro atoms. The molecule has 1 aliphatic heterocycles. The van der Waals surface area contributed by atoms with Crippen LogP contribution in [0.2, 0.25) is 0 Å². The maximum absolute atomic E-state index is 9.70. The number of hydrogen-bond acceptors (Lipinski definition) is 6. The van der Waals surface area contributed by atoms with Gasteiger partial charge in [-0.25, -0.2) is 0 Å². The van der Waals surface area contributed by atoms with Crippen molar-refractivity contribution in [3.05, 3.63) is 59.0 Å². The van der Waals surface area contributed by atoms with Crippen molar-refractivity contribution in [3.8, 4) is 29.0 Å². The van der Waals surface area contributed by atoms with Gasteiger partial charge in [-0.3, -0.25) is 0 Å². The van der Waals surface area contributed by atoms with E-state index in [-0.39, 0.29) is 17.6 Å². The fraction of sp³-hybridized carbons (Fsp3) is 0.261. The monoisotopic (exact) mass is 387 g/mol. The third-order valence-corrected chi connectivity index (χ3v) is 4.71. The summed E-state index contributed by atoms with van der Waals surface area (Å²) in [6, 6.07) is 13.8. The van der Waals surface area contributed by atoms with Gasteiger partial charge in [0.1, 0.15) is 29.2 Å². The van der Waals surface area contributed by atoms with Crippen LogP contribution >= 0.6 is 0 Å². The van der Waals surface area contributed by atoms with Crippen molar-refractivity contribution >= 4 is 11.6 Å². The van der Waals surface area contributed by atoms with Crippen LogP contribution in [0.3, 0.4) is 0 Å². The molecule has 0 aliphatic carbocycles. The predicted molar refractivity (Wildman–Crippen MR) is 109 cm³/mol. The maximum atomic E-state index is 9.70. The number of hydrogen-bond donors (Lipinski definition) is 0. The standard InChI is InChI=1S/C23H21N3O3/c1-4-27-20-11-17-9-15(3)28-21(17)12-18(20)10-19(13-24)23-25-22(26-29-23)16-7-5-14(2)6-8-16/h5-8,10-12,15H,4,9H2,1-3H3/b19-10+/t15-/m0/s1. The highest BCUT2D eigenvalue weighted by Crippen LogP contribution is 2.36. The molecule has 0 N–H and O–H groups in total. The molecule has 6 nitrogen and oxygen atoms in total. The fourth-order valence-electron chi connectivity index (χ4n) is 3.30. The average Bonchev–Trinajstić information content (AvgIpc) is 3.32. The van der Waals surface area contributed by atoms with E-state index in [4.69, 9.17) is 14.0 Å². The molecule has 1 aromatic heterocycles. The van der Waals surface area contributed by atoms with E-state index in [1.165, 1.54) is 0 Å². The van der Waals surface area contributed by atoms with Crippen LogP contribution in [0.5, 0.6) is 11.5 Å². The summed E-state index contributed by atoms with van der Waals surface area (Å²) in [5.41, 5.74) is 4.09. The molecule has 2 aromatic carbocycles. The zero-order chi connectivity index (χ0) is 20.4. The van der Waals surface area contributed by atoms with Crippen LogP contribution in [-0.4, -0.2) is 22.9 Å². The van der Waals surface area contributed by atoms with Crippen molar-refractivity contribution in [2.24, 2.45) is 0 Å². The first-order chi connectivity index (χ1) is 14.1. The van der Waals surface area contributed by atoms with Crippen LogP contribution in [0, 0.1) is 18.3 Å². The minimum Gasteiger partial charge on any atom is -0.493 e. The van der Waals surface area contributed by atoms with Crippen molar-refractivity contribution in [2.45, 2.75) is 33.3 Å². The largest absolute Gasteiger partial charge is 0.493 e. The smallest absolute Gasteiger partial charge is 0.268 e. The maximum Gasteiger partial charge on any atom is 0.268 e. The number of allylic oxidation sites excluding steroid dienone is 1. The van der Waals surface area contributed by atoms with E-state index in [9.17, 15) is 5.26 Å². The molecule has 146 valence electrons. The Balaban J connectivity index is 1.71. The third-order valence-electron chi connectivity index (χ3n) is 4.71. The van der Waals surface area contributed by atoms with Crippen LogP contribution in [0.1, 0.15) is 36.4 Å². The predicted octanol–water partition coefficient (Wildman–Crippen LogP) is 4.83. The minimum atomic E-state index is 0.127. The lowest BCUT2D eigenvalue weighted by molar-refractivity contribution is 0.254. The zero-order valence-corrected chi connectivity index (χ0v) is 16.6. The second kappa shape index (κ2) is 7.80. The molecule has 0 radical (unpaired) electrons. The van der Waals surface area contributed by atoms with Crippen molar-refractivity contribution in [3.63, 3.8) is 0 Å². The molecule has 0 amide bonds. The average molecular weight is 387 g/mol. The van der Waals surface area contributed by atoms with Gasteiger partial charge >= 0.3 is 0 Å². The van der Waals surface area contributed by atoms with Crippen LogP contribution < -0.4 is 9.47 Å². The van der Waals surface area contributed by atoms with Gasteiger partial charge in [0, 0.05) is 23.1 Å². The number of aryl methyl sites for hydroxylation is 1. The Hall–Kier alpha value is -3.59. The van der Waals surface area contributed by atoms with E-state index < -0.39 is 0 Å². The van der Waals surface area contributed by atoms with Crippen LogP contribution in [0.25, 0.3) is 23.0 Å². The Bertz CT molecular complexity index is 1110. The van der Waals surface area contributed by atoms with E-state index in [0.717, 1.165) is 34.4 Å². The van der Waals surface area contributed by atoms with Crippen molar-refractivity contribution in [1.29, 1.82) is 5.26 Å². The van der Waals surface area contributed by atoms with E-state index in [1.54, 1.807) is 6.08 Å². The molecule has 0 bridgehead atoms. The van der Waals surface area contributed by atoms with Gasteiger partial charge in [-0.1, -0.05) is 35.0 Å². The summed E-state index contributed by atoms with van der Waals surface area (Å²) in [5, 5.41) is 13.7. The number of aromatic nitrogens is 2. The van der Waals surface area contributed by atoms with Gasteiger partial charge in [0.2, 0.25) is 5.82 Å². The fourth-order valence-corrected chi connectivity index (χ4v) is 3.30. The van der Waals surface area contributed by atoms with Gasteiger partial charge in [0.05, 0.1) is 6.61 Å². The van der Waals surface area contributed by atoms with Crippen molar-refractivity contribution in [1.82, 2.24) is 10.1 Å². The third kappa shape index (κ3) is 3.85. The topological polar surface area (TPSA) is 81.2 Å². The van der Waals surface area contributed by atoms with E-state index >= 15 is 0 Å². The molecule has 6 heteroatoms. The van der Waals surface area contributed by atoms with Crippen LogP contribution in [0.15, 0.2) is 40.9 Å². The molecule has 0 unspecified atom stereocenters. The number of fused-ring (bicyclic) bond motifs is 1. The summed E-state index contributed by atoms with van der Waals surface area (Å²) in [4.78, 5) is 4.40. The summed E-state index contributed by atoms with van der Waals surface area (Å²) in [7, 11) is 0. The highest BCUT2D eigenvalue weighted by Gasteiger charge is 2.22. The van der Waals surface area contributed by atoms with Gasteiger partial charge in [0.15, 0.2) is 0 Å². The highest BCUT2D eigenvalue weighted by molar-refractivity contribution is 5.88. The molecular weight excluding hydrogens is 366 g/mol. The lowest BCUT2D eigenvalue weighted by atomic mass is 10.0. The Labute approximate surface area is 169 Å². The second-order valence-corrected chi connectivity index (χ2v) is 7.02. The number of ether oxygens (including phenoxy) is 2. The summed E-state index contributed by atoms with van der Waals surface area (Å²) < 4.78 is 17.0. The van der Waals surface area contributed by atoms with E-state index in [2.05, 4.69) is 16.2 Å². The number of benzene rings is 2. The second-order valence-electron chi connectivity index (χ2n) is 7.02. The SMILES string of the molecule is CCOc1cc2c(cc1/C=C(\C#N)c1nc(-c3ccc(C)cc3)no1)O[C@@H](C)C2. The van der Waals surface area contributed by atoms with Gasteiger partial charge in [-0.05, 0) is 39.0 Å². The highest BCUT2D eigenvalue weighted by atomic mass is 16.5. The number of nitrogens with zero attached hydrogens (tertiary/aromatic N) is 3. The summed E-state index contributed by atoms with van der Waals surface area (Å²) in [6.07, 6.45) is 2.67. The van der Waals surface area contributed by atoms with E-state index in [0.29, 0.717) is 18.2 Å². The normalized spacial score (nSPS) is 15.5.